The van der Waals surface area contributed by atoms with Crippen LogP contribution in [0, 0.1) is 0 Å². The topological polar surface area (TPSA) is 24.9 Å². The largest absolute Gasteiger partial charge is 0.379 e. The number of nitrogens with one attached hydrogen (secondary N) is 1. The number of rotatable bonds is 4. The molecule has 20 heavy (non-hydrogen) atoms. The van der Waals surface area contributed by atoms with E-state index in [1.54, 1.807) is 0 Å². The van der Waals surface area contributed by atoms with Crippen molar-refractivity contribution in [2.24, 2.45) is 0 Å². The normalized spacial score (nSPS) is 10.7. The third kappa shape index (κ3) is 2.75. The summed E-state index contributed by atoms with van der Waals surface area (Å²) in [5.74, 6) is 0.508. The van der Waals surface area contributed by atoms with Gasteiger partial charge in [0, 0.05) is 17.0 Å². The maximum atomic E-state index is 5.94. The molecule has 0 saturated carbocycles. The highest BCUT2D eigenvalue weighted by Crippen LogP contribution is 2.18. The molecule has 0 atom stereocenters. The third-order valence-corrected chi connectivity index (χ3v) is 3.57. The van der Waals surface area contributed by atoms with Crippen LogP contribution >= 0.6 is 11.6 Å². The molecule has 3 aromatic rings. The Hall–Kier alpha value is -2.06. The summed E-state index contributed by atoms with van der Waals surface area (Å²) >= 11 is 5.94. The van der Waals surface area contributed by atoms with E-state index in [2.05, 4.69) is 28.5 Å². The number of hydrogen-bond acceptors (Lipinski definition) is 2. The second kappa shape index (κ2) is 5.93. The number of alkyl halides is 1. The maximum Gasteiger partial charge on any atom is 0.0706 e. The fraction of sp³-hybridized carbons (Fsp3) is 0.118. The quantitative estimate of drug-likeness (QED) is 0.708. The van der Waals surface area contributed by atoms with E-state index < -0.39 is 0 Å². The van der Waals surface area contributed by atoms with E-state index in [0.717, 1.165) is 27.8 Å². The molecule has 3 rings (SSSR count). The van der Waals surface area contributed by atoms with E-state index in [1.165, 1.54) is 0 Å². The van der Waals surface area contributed by atoms with Gasteiger partial charge >= 0.3 is 0 Å². The van der Waals surface area contributed by atoms with Crippen LogP contribution in [0.1, 0.15) is 11.3 Å². The minimum atomic E-state index is 0.508. The second-order valence-corrected chi connectivity index (χ2v) is 4.91. The van der Waals surface area contributed by atoms with Gasteiger partial charge in [-0.2, -0.15) is 0 Å². The molecule has 0 amide bonds. The first-order valence-electron chi connectivity index (χ1n) is 6.59. The van der Waals surface area contributed by atoms with Crippen molar-refractivity contribution in [3.05, 3.63) is 71.9 Å². The number of pyridine rings is 1. The lowest BCUT2D eigenvalue weighted by Gasteiger charge is -2.10. The average Bonchev–Trinajstić information content (AvgIpc) is 2.53. The number of benzene rings is 2. The van der Waals surface area contributed by atoms with Crippen molar-refractivity contribution < 1.29 is 0 Å². The first-order chi connectivity index (χ1) is 9.86. The Bertz CT molecular complexity index is 725. The number of hydrogen-bond donors (Lipinski definition) is 1. The van der Waals surface area contributed by atoms with E-state index in [4.69, 9.17) is 11.6 Å². The predicted octanol–water partition coefficient (Wildman–Crippen LogP) is 4.59. The van der Waals surface area contributed by atoms with Crippen LogP contribution in [0.4, 0.5) is 5.69 Å². The Morgan fingerprint density at radius 2 is 1.70 bits per heavy atom. The zero-order valence-corrected chi connectivity index (χ0v) is 11.8. The molecule has 3 heteroatoms. The van der Waals surface area contributed by atoms with Gasteiger partial charge in [0.2, 0.25) is 0 Å². The van der Waals surface area contributed by atoms with Gasteiger partial charge in [-0.3, -0.25) is 4.98 Å². The molecule has 1 aromatic heterocycles. The molecule has 0 aliphatic rings. The van der Waals surface area contributed by atoms with E-state index >= 15 is 0 Å². The lowest BCUT2D eigenvalue weighted by atomic mass is 10.2. The van der Waals surface area contributed by atoms with Crippen molar-refractivity contribution in [2.45, 2.75) is 12.4 Å². The minimum absolute atomic E-state index is 0.508. The molecular formula is C17H15ClN2. The van der Waals surface area contributed by atoms with Crippen LogP contribution < -0.4 is 5.32 Å². The van der Waals surface area contributed by atoms with Gasteiger partial charge in [-0.25, -0.2) is 0 Å². The predicted molar refractivity (Wildman–Crippen MR) is 85.1 cm³/mol. The van der Waals surface area contributed by atoms with Crippen molar-refractivity contribution in [1.29, 1.82) is 0 Å². The van der Waals surface area contributed by atoms with Crippen LogP contribution in [0.15, 0.2) is 60.7 Å². The smallest absolute Gasteiger partial charge is 0.0706 e. The molecule has 1 heterocycles. The van der Waals surface area contributed by atoms with Crippen LogP contribution in [0.5, 0.6) is 0 Å². The van der Waals surface area contributed by atoms with Gasteiger partial charge in [0.25, 0.3) is 0 Å². The van der Waals surface area contributed by atoms with E-state index in [0.29, 0.717) is 12.4 Å². The summed E-state index contributed by atoms with van der Waals surface area (Å²) < 4.78 is 0. The Morgan fingerprint density at radius 3 is 2.60 bits per heavy atom. The van der Waals surface area contributed by atoms with Gasteiger partial charge in [-0.15, -0.1) is 11.6 Å². The summed E-state index contributed by atoms with van der Waals surface area (Å²) in [5, 5.41) is 4.56. The first-order valence-corrected chi connectivity index (χ1v) is 7.13. The van der Waals surface area contributed by atoms with Gasteiger partial charge in [-0.05, 0) is 23.8 Å². The number of halogens is 1. The summed E-state index contributed by atoms with van der Waals surface area (Å²) in [7, 11) is 0. The van der Waals surface area contributed by atoms with Crippen molar-refractivity contribution in [3.8, 4) is 0 Å². The molecule has 0 fully saturated rings. The van der Waals surface area contributed by atoms with Gasteiger partial charge in [0.05, 0.1) is 17.8 Å². The van der Waals surface area contributed by atoms with Gasteiger partial charge in [-0.1, -0.05) is 42.5 Å². The first kappa shape index (κ1) is 12.9. The van der Waals surface area contributed by atoms with Crippen molar-refractivity contribution in [3.63, 3.8) is 0 Å². The molecule has 0 radical (unpaired) electrons. The highest BCUT2D eigenvalue weighted by atomic mass is 35.5. The molecule has 0 aliphatic heterocycles. The molecule has 1 N–H and O–H groups in total. The fourth-order valence-electron chi connectivity index (χ4n) is 2.20. The van der Waals surface area contributed by atoms with Crippen molar-refractivity contribution >= 4 is 28.2 Å². The molecule has 100 valence electrons. The second-order valence-electron chi connectivity index (χ2n) is 4.64. The third-order valence-electron chi connectivity index (χ3n) is 3.28. The number of nitrogens with zero attached hydrogens (tertiary/aromatic N) is 1. The lowest BCUT2D eigenvalue weighted by molar-refractivity contribution is 1.06. The summed E-state index contributed by atoms with van der Waals surface area (Å²) in [5.41, 5.74) is 4.22. The number of para-hydroxylation sites is 2. The van der Waals surface area contributed by atoms with Gasteiger partial charge in [0.15, 0.2) is 0 Å². The summed E-state index contributed by atoms with van der Waals surface area (Å²) in [6, 6.07) is 20.4. The number of aromatic nitrogens is 1. The van der Waals surface area contributed by atoms with Crippen LogP contribution in [-0.4, -0.2) is 4.98 Å². The molecular weight excluding hydrogens is 268 g/mol. The highest BCUT2D eigenvalue weighted by molar-refractivity contribution is 6.17. The van der Waals surface area contributed by atoms with Crippen molar-refractivity contribution in [2.75, 3.05) is 5.32 Å². The fourth-order valence-corrected chi connectivity index (χ4v) is 2.43. The molecule has 2 aromatic carbocycles. The van der Waals surface area contributed by atoms with E-state index in [-0.39, 0.29) is 0 Å². The summed E-state index contributed by atoms with van der Waals surface area (Å²) in [6.07, 6.45) is 0. The Labute approximate surface area is 123 Å². The Balaban J connectivity index is 1.79. The lowest BCUT2D eigenvalue weighted by Crippen LogP contribution is -2.03. The van der Waals surface area contributed by atoms with Crippen LogP contribution in [0.3, 0.4) is 0 Å². The van der Waals surface area contributed by atoms with E-state index in [1.807, 2.05) is 42.5 Å². The van der Waals surface area contributed by atoms with Gasteiger partial charge in [0.1, 0.15) is 0 Å². The zero-order chi connectivity index (χ0) is 13.8. The molecule has 0 unspecified atom stereocenters. The van der Waals surface area contributed by atoms with Crippen LogP contribution in [0.2, 0.25) is 0 Å². The average molecular weight is 283 g/mol. The Morgan fingerprint density at radius 1 is 0.900 bits per heavy atom. The van der Waals surface area contributed by atoms with Crippen LogP contribution in [0.25, 0.3) is 10.9 Å². The Kier molecular flexibility index (Phi) is 3.84. The monoisotopic (exact) mass is 282 g/mol. The van der Waals surface area contributed by atoms with Crippen molar-refractivity contribution in [1.82, 2.24) is 4.98 Å². The van der Waals surface area contributed by atoms with E-state index in [9.17, 15) is 0 Å². The molecule has 0 saturated heterocycles. The minimum Gasteiger partial charge on any atom is -0.379 e. The maximum absolute atomic E-state index is 5.94. The summed E-state index contributed by atoms with van der Waals surface area (Å²) in [6.45, 7) is 0.693. The van der Waals surface area contributed by atoms with Gasteiger partial charge < -0.3 is 5.32 Å². The van der Waals surface area contributed by atoms with Crippen LogP contribution in [-0.2, 0) is 12.4 Å². The standard InChI is InChI=1S/C17H15ClN2/c18-11-14-6-2-3-7-16(14)19-12-15-10-9-13-5-1-4-8-17(13)20-15/h1-10,19H,11-12H2. The highest BCUT2D eigenvalue weighted by Gasteiger charge is 2.01. The molecule has 0 spiro atoms. The molecule has 0 bridgehead atoms. The zero-order valence-electron chi connectivity index (χ0n) is 11.0. The molecule has 0 aliphatic carbocycles. The molecule has 2 nitrogen and oxygen atoms in total. The SMILES string of the molecule is ClCc1ccccc1NCc1ccc2ccccc2n1. The summed E-state index contributed by atoms with van der Waals surface area (Å²) in [4.78, 5) is 4.65. The number of fused-ring (bicyclic) bond motifs is 1. The number of anilines is 1.